The number of pyridine rings is 1. The zero-order valence-electron chi connectivity index (χ0n) is 11.5. The van der Waals surface area contributed by atoms with E-state index in [0.717, 1.165) is 42.0 Å². The van der Waals surface area contributed by atoms with E-state index in [9.17, 15) is 0 Å². The second kappa shape index (κ2) is 4.78. The van der Waals surface area contributed by atoms with Gasteiger partial charge in [-0.2, -0.15) is 5.10 Å². The smallest absolute Gasteiger partial charge is 0.0739 e. The monoisotopic (exact) mass is 256 g/mol. The van der Waals surface area contributed by atoms with E-state index >= 15 is 0 Å². The molecule has 1 aliphatic rings. The summed E-state index contributed by atoms with van der Waals surface area (Å²) >= 11 is 0. The molecule has 19 heavy (non-hydrogen) atoms. The SMILES string of the molecule is Cc1cccc(-c2cn(C3CC(CN)C3)nc2C)n1. The van der Waals surface area contributed by atoms with Gasteiger partial charge in [0.05, 0.1) is 17.4 Å². The largest absolute Gasteiger partial charge is 0.330 e. The fourth-order valence-corrected chi connectivity index (χ4v) is 2.72. The average molecular weight is 256 g/mol. The molecule has 0 amide bonds. The van der Waals surface area contributed by atoms with Crippen LogP contribution in [0.4, 0.5) is 0 Å². The van der Waals surface area contributed by atoms with Crippen LogP contribution in [0, 0.1) is 19.8 Å². The lowest BCUT2D eigenvalue weighted by Gasteiger charge is -2.34. The highest BCUT2D eigenvalue weighted by molar-refractivity contribution is 5.60. The molecular formula is C15H20N4. The zero-order chi connectivity index (χ0) is 13.4. The zero-order valence-corrected chi connectivity index (χ0v) is 11.5. The third-order valence-electron chi connectivity index (χ3n) is 4.00. The maximum Gasteiger partial charge on any atom is 0.0739 e. The van der Waals surface area contributed by atoms with Gasteiger partial charge in [0.2, 0.25) is 0 Å². The highest BCUT2D eigenvalue weighted by Crippen LogP contribution is 2.37. The normalized spacial score (nSPS) is 22.3. The Morgan fingerprint density at radius 3 is 2.79 bits per heavy atom. The van der Waals surface area contributed by atoms with Crippen LogP contribution in [-0.2, 0) is 0 Å². The van der Waals surface area contributed by atoms with Crippen LogP contribution in [0.2, 0.25) is 0 Å². The van der Waals surface area contributed by atoms with Gasteiger partial charge in [-0.05, 0) is 51.3 Å². The first-order chi connectivity index (χ1) is 9.17. The fraction of sp³-hybridized carbons (Fsp3) is 0.467. The molecular weight excluding hydrogens is 236 g/mol. The van der Waals surface area contributed by atoms with Gasteiger partial charge in [0, 0.05) is 17.5 Å². The van der Waals surface area contributed by atoms with E-state index in [1.807, 2.05) is 25.1 Å². The van der Waals surface area contributed by atoms with Gasteiger partial charge in [-0.1, -0.05) is 6.07 Å². The Balaban J connectivity index is 1.86. The van der Waals surface area contributed by atoms with E-state index in [1.54, 1.807) is 0 Å². The van der Waals surface area contributed by atoms with E-state index in [1.165, 1.54) is 0 Å². The lowest BCUT2D eigenvalue weighted by molar-refractivity contribution is 0.189. The van der Waals surface area contributed by atoms with Crippen LogP contribution in [0.5, 0.6) is 0 Å². The first kappa shape index (κ1) is 12.4. The molecule has 4 heteroatoms. The number of aromatic nitrogens is 3. The van der Waals surface area contributed by atoms with Crippen molar-refractivity contribution < 1.29 is 0 Å². The van der Waals surface area contributed by atoms with E-state index in [2.05, 4.69) is 27.9 Å². The third-order valence-corrected chi connectivity index (χ3v) is 4.00. The van der Waals surface area contributed by atoms with Crippen LogP contribution < -0.4 is 5.73 Å². The van der Waals surface area contributed by atoms with E-state index in [0.29, 0.717) is 12.0 Å². The van der Waals surface area contributed by atoms with E-state index in [-0.39, 0.29) is 0 Å². The molecule has 1 fully saturated rings. The van der Waals surface area contributed by atoms with Crippen LogP contribution in [0.15, 0.2) is 24.4 Å². The van der Waals surface area contributed by atoms with Crippen LogP contribution in [-0.4, -0.2) is 21.3 Å². The molecule has 4 nitrogen and oxygen atoms in total. The van der Waals surface area contributed by atoms with Crippen LogP contribution in [0.25, 0.3) is 11.3 Å². The number of nitrogens with two attached hydrogens (primary N) is 1. The van der Waals surface area contributed by atoms with Crippen LogP contribution >= 0.6 is 0 Å². The number of hydrogen-bond donors (Lipinski definition) is 1. The fourth-order valence-electron chi connectivity index (χ4n) is 2.72. The molecule has 0 bridgehead atoms. The Morgan fingerprint density at radius 2 is 2.11 bits per heavy atom. The number of aryl methyl sites for hydroxylation is 2. The molecule has 0 radical (unpaired) electrons. The number of rotatable bonds is 3. The number of hydrogen-bond acceptors (Lipinski definition) is 3. The Hall–Kier alpha value is -1.68. The maximum absolute atomic E-state index is 5.68. The lowest BCUT2D eigenvalue weighted by Crippen LogP contribution is -2.32. The molecule has 2 aromatic rings. The summed E-state index contributed by atoms with van der Waals surface area (Å²) in [5.74, 6) is 0.676. The maximum atomic E-state index is 5.68. The summed E-state index contributed by atoms with van der Waals surface area (Å²) in [6.45, 7) is 4.86. The van der Waals surface area contributed by atoms with Gasteiger partial charge < -0.3 is 5.73 Å². The minimum absolute atomic E-state index is 0.519. The van der Waals surface area contributed by atoms with Gasteiger partial charge in [-0.25, -0.2) is 0 Å². The predicted octanol–water partition coefficient (Wildman–Crippen LogP) is 2.47. The van der Waals surface area contributed by atoms with Crippen molar-refractivity contribution >= 4 is 0 Å². The Bertz CT molecular complexity index is 582. The molecule has 0 atom stereocenters. The van der Waals surface area contributed by atoms with Gasteiger partial charge in [0.15, 0.2) is 0 Å². The summed E-state index contributed by atoms with van der Waals surface area (Å²) in [5.41, 5.74) is 9.92. The predicted molar refractivity (Wildman–Crippen MR) is 75.7 cm³/mol. The molecule has 100 valence electrons. The van der Waals surface area contributed by atoms with Crippen molar-refractivity contribution in [2.45, 2.75) is 32.7 Å². The number of nitrogens with zero attached hydrogens (tertiary/aromatic N) is 3. The molecule has 1 aliphatic carbocycles. The van der Waals surface area contributed by atoms with Crippen molar-refractivity contribution in [1.29, 1.82) is 0 Å². The minimum atomic E-state index is 0.519. The summed E-state index contributed by atoms with van der Waals surface area (Å²) in [6, 6.07) is 6.62. The van der Waals surface area contributed by atoms with Crippen molar-refractivity contribution in [3.63, 3.8) is 0 Å². The molecule has 0 saturated heterocycles. The second-order valence-electron chi connectivity index (χ2n) is 5.50. The Labute approximate surface area is 113 Å². The van der Waals surface area contributed by atoms with E-state index < -0.39 is 0 Å². The summed E-state index contributed by atoms with van der Waals surface area (Å²) in [7, 11) is 0. The van der Waals surface area contributed by atoms with Crippen LogP contribution in [0.3, 0.4) is 0 Å². The summed E-state index contributed by atoms with van der Waals surface area (Å²) in [4.78, 5) is 4.58. The van der Waals surface area contributed by atoms with Crippen molar-refractivity contribution in [2.24, 2.45) is 11.7 Å². The highest BCUT2D eigenvalue weighted by Gasteiger charge is 2.30. The molecule has 0 aromatic carbocycles. The van der Waals surface area contributed by atoms with Crippen molar-refractivity contribution in [3.05, 3.63) is 35.8 Å². The topological polar surface area (TPSA) is 56.7 Å². The second-order valence-corrected chi connectivity index (χ2v) is 5.50. The third kappa shape index (κ3) is 2.28. The average Bonchev–Trinajstić information content (AvgIpc) is 2.70. The Kier molecular flexibility index (Phi) is 3.11. The summed E-state index contributed by atoms with van der Waals surface area (Å²) in [6.07, 6.45) is 4.44. The minimum Gasteiger partial charge on any atom is -0.330 e. The van der Waals surface area contributed by atoms with Gasteiger partial charge in [0.1, 0.15) is 0 Å². The highest BCUT2D eigenvalue weighted by atomic mass is 15.3. The molecule has 2 N–H and O–H groups in total. The first-order valence-corrected chi connectivity index (χ1v) is 6.87. The molecule has 0 unspecified atom stereocenters. The van der Waals surface area contributed by atoms with E-state index in [4.69, 9.17) is 5.73 Å². The van der Waals surface area contributed by atoms with Crippen LogP contribution in [0.1, 0.15) is 30.3 Å². The van der Waals surface area contributed by atoms with Gasteiger partial charge in [0.25, 0.3) is 0 Å². The van der Waals surface area contributed by atoms with Gasteiger partial charge in [-0.15, -0.1) is 0 Å². The lowest BCUT2D eigenvalue weighted by atomic mass is 9.80. The summed E-state index contributed by atoms with van der Waals surface area (Å²) < 4.78 is 2.10. The van der Waals surface area contributed by atoms with Crippen molar-refractivity contribution in [2.75, 3.05) is 6.54 Å². The quantitative estimate of drug-likeness (QED) is 0.917. The van der Waals surface area contributed by atoms with Crippen molar-refractivity contribution in [3.8, 4) is 11.3 Å². The molecule has 2 heterocycles. The summed E-state index contributed by atoms with van der Waals surface area (Å²) in [5, 5.41) is 4.64. The van der Waals surface area contributed by atoms with Crippen molar-refractivity contribution in [1.82, 2.24) is 14.8 Å². The molecule has 2 aromatic heterocycles. The first-order valence-electron chi connectivity index (χ1n) is 6.87. The molecule has 0 spiro atoms. The molecule has 1 saturated carbocycles. The Morgan fingerprint density at radius 1 is 1.32 bits per heavy atom. The van der Waals surface area contributed by atoms with Gasteiger partial charge >= 0.3 is 0 Å². The molecule has 3 rings (SSSR count). The standard InChI is InChI=1S/C15H20N4/c1-10-4-3-5-15(17-10)14-9-19(18-11(14)2)13-6-12(7-13)8-16/h3-5,9,12-13H,6-8,16H2,1-2H3. The van der Waals surface area contributed by atoms with Gasteiger partial charge in [-0.3, -0.25) is 9.67 Å². The molecule has 0 aliphatic heterocycles.